The first kappa shape index (κ1) is 30.1. The molecule has 0 spiro atoms. The lowest BCUT2D eigenvalue weighted by Crippen LogP contribution is -2.29. The maximum Gasteiger partial charge on any atom is 0.350 e. The van der Waals surface area contributed by atoms with E-state index in [1.165, 1.54) is 12.0 Å². The van der Waals surface area contributed by atoms with E-state index < -0.39 is 23.7 Å². The van der Waals surface area contributed by atoms with Crippen LogP contribution in [0.2, 0.25) is 0 Å². The summed E-state index contributed by atoms with van der Waals surface area (Å²) in [5.41, 5.74) is 2.03. The van der Waals surface area contributed by atoms with Gasteiger partial charge in [-0.1, -0.05) is 30.7 Å². The van der Waals surface area contributed by atoms with Crippen molar-refractivity contribution in [1.82, 2.24) is 4.98 Å². The van der Waals surface area contributed by atoms with E-state index in [2.05, 4.69) is 11.9 Å². The number of anilines is 1. The number of aliphatic hydroxyl groups is 1. The Labute approximate surface area is 253 Å². The van der Waals surface area contributed by atoms with Crippen molar-refractivity contribution in [1.29, 1.82) is 0 Å². The Morgan fingerprint density at radius 2 is 1.93 bits per heavy atom. The van der Waals surface area contributed by atoms with Gasteiger partial charge in [-0.2, -0.15) is 0 Å². The molecule has 0 aliphatic carbocycles. The molecule has 3 aromatic rings. The third-order valence-electron chi connectivity index (χ3n) is 7.31. The zero-order valence-corrected chi connectivity index (χ0v) is 25.6. The summed E-state index contributed by atoms with van der Waals surface area (Å²) < 4.78 is 22.5. The van der Waals surface area contributed by atoms with Gasteiger partial charge in [-0.15, -0.1) is 0 Å². The molecule has 2 atom stereocenters. The Hall–Kier alpha value is -4.38. The topological polar surface area (TPSA) is 124 Å². The molecule has 2 aromatic carbocycles. The SMILES string of the molecule is CCCCOc1ccc(C2/C(=C(\O)c3ccc4c(c3)CC(C)O4)C(=O)C(=O)N2c2nc(C)c(C(=O)OC)s2)cc1OCC. The first-order valence-corrected chi connectivity index (χ1v) is 15.1. The van der Waals surface area contributed by atoms with E-state index in [1.54, 1.807) is 43.3 Å². The van der Waals surface area contributed by atoms with Crippen LogP contribution in [0, 0.1) is 6.92 Å². The normalized spacial score (nSPS) is 18.9. The zero-order chi connectivity index (χ0) is 30.8. The molecular weight excluding hydrogens is 572 g/mol. The number of hydrogen-bond donors (Lipinski definition) is 1. The van der Waals surface area contributed by atoms with Crippen LogP contribution in [-0.2, 0) is 20.7 Å². The lowest BCUT2D eigenvalue weighted by molar-refractivity contribution is -0.132. The number of unbranched alkanes of at least 4 members (excludes halogenated alkanes) is 1. The number of fused-ring (bicyclic) bond motifs is 1. The van der Waals surface area contributed by atoms with E-state index in [-0.39, 0.29) is 27.4 Å². The number of ether oxygens (including phenoxy) is 4. The molecular formula is C32H34N2O8S. The minimum Gasteiger partial charge on any atom is -0.507 e. The van der Waals surface area contributed by atoms with Crippen molar-refractivity contribution in [2.75, 3.05) is 25.2 Å². The standard InChI is InChI=1S/C32H34N2O8S/c1-6-8-13-41-23-12-9-19(16-24(23)40-7-2)26-25(27(35)20-10-11-22-21(15-20)14-17(3)42-22)28(36)30(37)34(26)32-33-18(4)29(43-32)31(38)39-5/h9-12,15-17,26,35H,6-8,13-14H2,1-5H3/b27-25+. The highest BCUT2D eigenvalue weighted by molar-refractivity contribution is 7.17. The van der Waals surface area contributed by atoms with Gasteiger partial charge in [-0.3, -0.25) is 14.5 Å². The van der Waals surface area contributed by atoms with Gasteiger partial charge in [0, 0.05) is 12.0 Å². The van der Waals surface area contributed by atoms with Gasteiger partial charge in [0.15, 0.2) is 16.6 Å². The molecule has 1 N–H and O–H groups in total. The zero-order valence-electron chi connectivity index (χ0n) is 24.8. The predicted molar refractivity (Wildman–Crippen MR) is 161 cm³/mol. The summed E-state index contributed by atoms with van der Waals surface area (Å²) >= 11 is 0.941. The molecule has 2 aliphatic heterocycles. The van der Waals surface area contributed by atoms with Gasteiger partial charge in [0.1, 0.15) is 22.5 Å². The molecule has 1 fully saturated rings. The second-order valence-electron chi connectivity index (χ2n) is 10.4. The number of amides is 1. The van der Waals surface area contributed by atoms with E-state index >= 15 is 0 Å². The summed E-state index contributed by atoms with van der Waals surface area (Å²) in [4.78, 5) is 45.7. The molecule has 43 heavy (non-hydrogen) atoms. The lowest BCUT2D eigenvalue weighted by Gasteiger charge is -2.24. The van der Waals surface area contributed by atoms with Crippen LogP contribution in [0.3, 0.4) is 0 Å². The van der Waals surface area contributed by atoms with Crippen LogP contribution in [0.1, 0.15) is 71.7 Å². The van der Waals surface area contributed by atoms with Gasteiger partial charge in [0.2, 0.25) is 0 Å². The van der Waals surface area contributed by atoms with Crippen LogP contribution >= 0.6 is 11.3 Å². The summed E-state index contributed by atoms with van der Waals surface area (Å²) in [7, 11) is 1.26. The average Bonchev–Trinajstić information content (AvgIpc) is 3.64. The Morgan fingerprint density at radius 1 is 1.14 bits per heavy atom. The maximum absolute atomic E-state index is 13.7. The van der Waals surface area contributed by atoms with Crippen molar-refractivity contribution in [3.8, 4) is 17.2 Å². The number of ketones is 1. The number of nitrogens with zero attached hydrogens (tertiary/aromatic N) is 2. The molecule has 2 aliphatic rings. The monoisotopic (exact) mass is 606 g/mol. The molecule has 0 radical (unpaired) electrons. The number of aromatic nitrogens is 1. The fourth-order valence-electron chi connectivity index (χ4n) is 5.25. The van der Waals surface area contributed by atoms with Crippen molar-refractivity contribution in [3.05, 3.63) is 69.2 Å². The number of aliphatic hydroxyl groups excluding tert-OH is 1. The molecule has 0 saturated carbocycles. The van der Waals surface area contributed by atoms with Crippen molar-refractivity contribution in [2.24, 2.45) is 0 Å². The molecule has 0 bridgehead atoms. The van der Waals surface area contributed by atoms with E-state index in [1.807, 2.05) is 13.8 Å². The van der Waals surface area contributed by atoms with Crippen molar-refractivity contribution in [2.45, 2.75) is 59.1 Å². The number of carbonyl (C=O) groups is 3. The fraction of sp³-hybridized carbons (Fsp3) is 0.375. The van der Waals surface area contributed by atoms with Gasteiger partial charge < -0.3 is 24.1 Å². The number of methoxy groups -OCH3 is 1. The Kier molecular flexibility index (Phi) is 8.72. The Morgan fingerprint density at radius 3 is 2.65 bits per heavy atom. The van der Waals surface area contributed by atoms with E-state index in [4.69, 9.17) is 18.9 Å². The summed E-state index contributed by atoms with van der Waals surface area (Å²) in [6, 6.07) is 9.30. The molecule has 11 heteroatoms. The molecule has 1 saturated heterocycles. The van der Waals surface area contributed by atoms with Crippen molar-refractivity contribution < 1.29 is 38.4 Å². The highest BCUT2D eigenvalue weighted by Crippen LogP contribution is 2.46. The molecule has 1 amide bonds. The number of Topliss-reactive ketones (excluding diaryl/α,β-unsaturated/α-hetero) is 1. The van der Waals surface area contributed by atoms with Gasteiger partial charge in [-0.25, -0.2) is 9.78 Å². The molecule has 10 nitrogen and oxygen atoms in total. The van der Waals surface area contributed by atoms with Gasteiger partial charge in [-0.05, 0) is 68.7 Å². The number of benzene rings is 2. The molecule has 5 rings (SSSR count). The second kappa shape index (κ2) is 12.5. The number of hydrogen-bond acceptors (Lipinski definition) is 10. The van der Waals surface area contributed by atoms with Crippen molar-refractivity contribution in [3.63, 3.8) is 0 Å². The number of esters is 1. The van der Waals surface area contributed by atoms with Crippen LogP contribution in [0.25, 0.3) is 5.76 Å². The maximum atomic E-state index is 13.7. The highest BCUT2D eigenvalue weighted by atomic mass is 32.1. The molecule has 226 valence electrons. The van der Waals surface area contributed by atoms with Gasteiger partial charge in [0.25, 0.3) is 5.78 Å². The van der Waals surface area contributed by atoms with E-state index in [9.17, 15) is 19.5 Å². The third kappa shape index (κ3) is 5.69. The Balaban J connectivity index is 1.68. The van der Waals surface area contributed by atoms with E-state index in [0.29, 0.717) is 48.0 Å². The Bertz CT molecular complexity index is 1610. The third-order valence-corrected chi connectivity index (χ3v) is 8.45. The quantitative estimate of drug-likeness (QED) is 0.101. The minimum atomic E-state index is -1.07. The molecule has 1 aromatic heterocycles. The van der Waals surface area contributed by atoms with Crippen LogP contribution in [0.4, 0.5) is 5.13 Å². The number of aryl methyl sites for hydroxylation is 1. The highest BCUT2D eigenvalue weighted by Gasteiger charge is 2.48. The van der Waals surface area contributed by atoms with Crippen LogP contribution in [0.5, 0.6) is 17.2 Å². The molecule has 3 heterocycles. The first-order valence-electron chi connectivity index (χ1n) is 14.2. The van der Waals surface area contributed by atoms with Gasteiger partial charge >= 0.3 is 11.9 Å². The summed E-state index contributed by atoms with van der Waals surface area (Å²) in [5, 5.41) is 11.8. The summed E-state index contributed by atoms with van der Waals surface area (Å²) in [6.45, 7) is 8.36. The van der Waals surface area contributed by atoms with Crippen molar-refractivity contribution >= 4 is 39.9 Å². The number of rotatable bonds is 10. The smallest absolute Gasteiger partial charge is 0.350 e. The summed E-state index contributed by atoms with van der Waals surface area (Å²) in [6.07, 6.45) is 2.47. The molecule has 2 unspecified atom stereocenters. The lowest BCUT2D eigenvalue weighted by atomic mass is 9.94. The number of thiazole rings is 1. The van der Waals surface area contributed by atoms with Crippen LogP contribution in [-0.4, -0.2) is 54.2 Å². The minimum absolute atomic E-state index is 0.00910. The average molecular weight is 607 g/mol. The summed E-state index contributed by atoms with van der Waals surface area (Å²) in [5.74, 6) is -0.989. The van der Waals surface area contributed by atoms with Gasteiger partial charge in [0.05, 0.1) is 37.6 Å². The van der Waals surface area contributed by atoms with E-state index in [0.717, 1.165) is 35.5 Å². The van der Waals surface area contributed by atoms with Crippen LogP contribution < -0.4 is 19.1 Å². The first-order chi connectivity index (χ1) is 20.7. The van der Waals surface area contributed by atoms with Crippen LogP contribution in [0.15, 0.2) is 42.0 Å². The second-order valence-corrected chi connectivity index (χ2v) is 11.3. The number of carbonyl (C=O) groups excluding carboxylic acids is 3. The largest absolute Gasteiger partial charge is 0.507 e. The predicted octanol–water partition coefficient (Wildman–Crippen LogP) is 5.77. The fourth-order valence-corrected chi connectivity index (χ4v) is 6.26.